The molecule has 0 fully saturated rings. The zero-order valence-electron chi connectivity index (χ0n) is 12.8. The predicted molar refractivity (Wildman–Crippen MR) is 92.4 cm³/mol. The third kappa shape index (κ3) is 3.72. The molecular formula is C17H19N3O2S. The second kappa shape index (κ2) is 6.44. The molecule has 0 radical (unpaired) electrons. The highest BCUT2D eigenvalue weighted by Gasteiger charge is 2.24. The second-order valence-corrected chi connectivity index (χ2v) is 6.62. The Hall–Kier alpha value is -2.31. The Bertz CT molecular complexity index is 760. The van der Waals surface area contributed by atoms with E-state index in [0.29, 0.717) is 6.54 Å². The van der Waals surface area contributed by atoms with Gasteiger partial charge in [-0.3, -0.25) is 0 Å². The Kier molecular flexibility index (Phi) is 4.36. The maximum Gasteiger partial charge on any atom is 0.315 e. The van der Waals surface area contributed by atoms with E-state index in [1.807, 2.05) is 47.8 Å². The monoisotopic (exact) mass is 329 g/mol. The van der Waals surface area contributed by atoms with Gasteiger partial charge >= 0.3 is 6.03 Å². The normalized spacial score (nSPS) is 13.7. The van der Waals surface area contributed by atoms with Crippen LogP contribution in [-0.4, -0.2) is 22.7 Å². The summed E-state index contributed by atoms with van der Waals surface area (Å²) in [6, 6.07) is 13.4. The molecule has 0 bridgehead atoms. The largest absolute Gasteiger partial charge is 0.383 e. The standard InChI is InChI=1S/C17H19N3O2S/c1-17(22,15-7-4-8-23-15)11-19-16(21)18-10-13-9-12-5-2-3-6-14(12)20-13/h2-9,20,22H,10-11H2,1H3,(H2,18,19,21). The van der Waals surface area contributed by atoms with Gasteiger partial charge in [-0.25, -0.2) is 4.79 Å². The SMILES string of the molecule is CC(O)(CNC(=O)NCc1cc2ccccc2[nH]1)c1cccs1. The van der Waals surface area contributed by atoms with E-state index in [4.69, 9.17) is 0 Å². The predicted octanol–water partition coefficient (Wildman–Crippen LogP) is 2.94. The summed E-state index contributed by atoms with van der Waals surface area (Å²) in [5.41, 5.74) is 0.920. The van der Waals surface area contributed by atoms with E-state index in [2.05, 4.69) is 15.6 Å². The maximum atomic E-state index is 11.9. The van der Waals surface area contributed by atoms with Crippen molar-refractivity contribution in [2.45, 2.75) is 19.1 Å². The number of H-pyrrole nitrogens is 1. The highest BCUT2D eigenvalue weighted by Crippen LogP contribution is 2.24. The lowest BCUT2D eigenvalue weighted by atomic mass is 10.1. The number of benzene rings is 1. The van der Waals surface area contributed by atoms with Crippen LogP contribution in [0.1, 0.15) is 17.5 Å². The minimum Gasteiger partial charge on any atom is -0.383 e. The molecule has 3 rings (SSSR count). The number of nitrogens with one attached hydrogen (secondary N) is 3. The number of para-hydroxylation sites is 1. The number of carbonyl (C=O) groups is 1. The lowest BCUT2D eigenvalue weighted by Gasteiger charge is -2.22. The van der Waals surface area contributed by atoms with E-state index in [0.717, 1.165) is 21.5 Å². The Morgan fingerprint density at radius 1 is 1.26 bits per heavy atom. The molecule has 1 atom stereocenters. The molecule has 2 amide bonds. The molecule has 2 aromatic heterocycles. The van der Waals surface area contributed by atoms with Crippen molar-refractivity contribution in [1.82, 2.24) is 15.6 Å². The van der Waals surface area contributed by atoms with Crippen molar-refractivity contribution in [1.29, 1.82) is 0 Å². The topological polar surface area (TPSA) is 77.2 Å². The van der Waals surface area contributed by atoms with Gasteiger partial charge in [0.1, 0.15) is 5.60 Å². The molecule has 0 saturated carbocycles. The van der Waals surface area contributed by atoms with Crippen LogP contribution in [0.15, 0.2) is 47.8 Å². The molecule has 5 nitrogen and oxygen atoms in total. The van der Waals surface area contributed by atoms with E-state index in [1.54, 1.807) is 6.92 Å². The van der Waals surface area contributed by atoms with Crippen LogP contribution in [0.2, 0.25) is 0 Å². The molecule has 4 N–H and O–H groups in total. The molecule has 0 aliphatic carbocycles. The number of amides is 2. The Morgan fingerprint density at radius 2 is 2.09 bits per heavy atom. The van der Waals surface area contributed by atoms with Crippen LogP contribution in [0.4, 0.5) is 4.79 Å². The molecule has 3 aromatic rings. The van der Waals surface area contributed by atoms with Crippen molar-refractivity contribution >= 4 is 28.3 Å². The van der Waals surface area contributed by atoms with Crippen LogP contribution in [-0.2, 0) is 12.1 Å². The zero-order valence-corrected chi connectivity index (χ0v) is 13.6. The van der Waals surface area contributed by atoms with Crippen molar-refractivity contribution in [2.24, 2.45) is 0 Å². The molecule has 0 aliphatic rings. The fraction of sp³-hybridized carbons (Fsp3) is 0.235. The van der Waals surface area contributed by atoms with Gasteiger partial charge in [0.05, 0.1) is 13.1 Å². The average Bonchev–Trinajstić information content (AvgIpc) is 3.20. The molecule has 0 aliphatic heterocycles. The van der Waals surface area contributed by atoms with Crippen LogP contribution in [0, 0.1) is 0 Å². The van der Waals surface area contributed by atoms with Gasteiger partial charge in [-0.05, 0) is 35.9 Å². The van der Waals surface area contributed by atoms with Crippen molar-refractivity contribution in [3.63, 3.8) is 0 Å². The number of rotatable bonds is 5. The minimum atomic E-state index is -1.06. The molecule has 1 unspecified atom stereocenters. The summed E-state index contributed by atoms with van der Waals surface area (Å²) in [5, 5.41) is 18.9. The Labute approximate surface area is 138 Å². The number of thiophene rings is 1. The minimum absolute atomic E-state index is 0.159. The first-order valence-electron chi connectivity index (χ1n) is 7.39. The van der Waals surface area contributed by atoms with Gasteiger partial charge in [0.15, 0.2) is 0 Å². The van der Waals surface area contributed by atoms with Gasteiger partial charge in [-0.2, -0.15) is 0 Å². The van der Waals surface area contributed by atoms with E-state index in [-0.39, 0.29) is 12.6 Å². The smallest absolute Gasteiger partial charge is 0.315 e. The highest BCUT2D eigenvalue weighted by molar-refractivity contribution is 7.10. The Morgan fingerprint density at radius 3 is 2.83 bits per heavy atom. The first kappa shape index (κ1) is 15.6. The van der Waals surface area contributed by atoms with E-state index in [9.17, 15) is 9.90 Å². The molecule has 0 saturated heterocycles. The van der Waals surface area contributed by atoms with Gasteiger partial charge in [-0.1, -0.05) is 24.3 Å². The van der Waals surface area contributed by atoms with Gasteiger partial charge in [0.25, 0.3) is 0 Å². The van der Waals surface area contributed by atoms with Crippen LogP contribution in [0.5, 0.6) is 0 Å². The fourth-order valence-corrected chi connectivity index (χ4v) is 3.18. The molecular weight excluding hydrogens is 310 g/mol. The quantitative estimate of drug-likeness (QED) is 0.581. The van der Waals surface area contributed by atoms with Crippen molar-refractivity contribution in [3.05, 3.63) is 58.4 Å². The van der Waals surface area contributed by atoms with Crippen LogP contribution >= 0.6 is 11.3 Å². The zero-order chi connectivity index (χ0) is 16.3. The van der Waals surface area contributed by atoms with Gasteiger partial charge in [0.2, 0.25) is 0 Å². The number of urea groups is 1. The lowest BCUT2D eigenvalue weighted by molar-refractivity contribution is 0.0631. The number of carbonyl (C=O) groups excluding carboxylic acids is 1. The van der Waals surface area contributed by atoms with Crippen LogP contribution in [0.3, 0.4) is 0 Å². The summed E-state index contributed by atoms with van der Waals surface area (Å²) in [6.07, 6.45) is 0. The molecule has 2 heterocycles. The molecule has 23 heavy (non-hydrogen) atoms. The lowest BCUT2D eigenvalue weighted by Crippen LogP contribution is -2.42. The van der Waals surface area contributed by atoms with E-state index >= 15 is 0 Å². The van der Waals surface area contributed by atoms with Crippen molar-refractivity contribution in [2.75, 3.05) is 6.54 Å². The Balaban J connectivity index is 1.51. The summed E-state index contributed by atoms with van der Waals surface area (Å²) in [7, 11) is 0. The van der Waals surface area contributed by atoms with Gasteiger partial charge < -0.3 is 20.7 Å². The molecule has 0 spiro atoms. The van der Waals surface area contributed by atoms with Gasteiger partial charge in [-0.15, -0.1) is 11.3 Å². The number of hydrogen-bond acceptors (Lipinski definition) is 3. The summed E-state index contributed by atoms with van der Waals surface area (Å²) in [6.45, 7) is 2.25. The summed E-state index contributed by atoms with van der Waals surface area (Å²) < 4.78 is 0. The molecule has 6 heteroatoms. The summed E-state index contributed by atoms with van der Waals surface area (Å²) >= 11 is 1.47. The van der Waals surface area contributed by atoms with Crippen LogP contribution in [0.25, 0.3) is 10.9 Å². The second-order valence-electron chi connectivity index (χ2n) is 5.67. The first-order chi connectivity index (χ1) is 11.0. The van der Waals surface area contributed by atoms with E-state index in [1.165, 1.54) is 11.3 Å². The van der Waals surface area contributed by atoms with Crippen molar-refractivity contribution in [3.8, 4) is 0 Å². The molecule has 1 aromatic carbocycles. The fourth-order valence-electron chi connectivity index (χ4n) is 2.39. The third-order valence-electron chi connectivity index (χ3n) is 3.67. The summed E-state index contributed by atoms with van der Waals surface area (Å²) in [4.78, 5) is 16.0. The number of aromatic nitrogens is 1. The first-order valence-corrected chi connectivity index (χ1v) is 8.27. The molecule has 120 valence electrons. The number of aromatic amines is 1. The average molecular weight is 329 g/mol. The summed E-state index contributed by atoms with van der Waals surface area (Å²) in [5.74, 6) is 0. The van der Waals surface area contributed by atoms with E-state index < -0.39 is 5.60 Å². The number of fused-ring (bicyclic) bond motifs is 1. The number of aliphatic hydroxyl groups is 1. The maximum absolute atomic E-state index is 11.9. The van der Waals surface area contributed by atoms with Gasteiger partial charge in [0, 0.05) is 16.1 Å². The van der Waals surface area contributed by atoms with Crippen molar-refractivity contribution < 1.29 is 9.90 Å². The third-order valence-corrected chi connectivity index (χ3v) is 4.79. The highest BCUT2D eigenvalue weighted by atomic mass is 32.1. The van der Waals surface area contributed by atoms with Crippen LogP contribution < -0.4 is 10.6 Å². The number of hydrogen-bond donors (Lipinski definition) is 4.